The molecule has 1 N–H and O–H groups in total. The van der Waals surface area contributed by atoms with Crippen LogP contribution in [-0.2, 0) is 4.79 Å². The molecule has 5 nitrogen and oxygen atoms in total. The molecule has 1 aliphatic rings. The van der Waals surface area contributed by atoms with E-state index in [9.17, 15) is 9.59 Å². The molecular formula is C16H20N2O3. The van der Waals surface area contributed by atoms with Crippen LogP contribution in [0, 0.1) is 0 Å². The van der Waals surface area contributed by atoms with Crippen molar-refractivity contribution in [3.63, 3.8) is 0 Å². The van der Waals surface area contributed by atoms with Crippen LogP contribution in [0.2, 0.25) is 0 Å². The largest absolute Gasteiger partial charge is 0.478 e. The third-order valence-electron chi connectivity index (χ3n) is 3.80. The summed E-state index contributed by atoms with van der Waals surface area (Å²) in [7, 11) is 0. The van der Waals surface area contributed by atoms with E-state index in [1.165, 1.54) is 12.3 Å². The number of carboxylic acid groups (broad SMARTS) is 1. The molecule has 1 aromatic rings. The Morgan fingerprint density at radius 3 is 2.95 bits per heavy atom. The monoisotopic (exact) mass is 288 g/mol. The fourth-order valence-corrected chi connectivity index (χ4v) is 2.63. The Morgan fingerprint density at radius 2 is 2.19 bits per heavy atom. The van der Waals surface area contributed by atoms with Crippen molar-refractivity contribution in [2.24, 2.45) is 0 Å². The molecule has 1 saturated heterocycles. The highest BCUT2D eigenvalue weighted by Gasteiger charge is 2.24. The third kappa shape index (κ3) is 3.90. The molecule has 0 saturated carbocycles. The number of amides is 1. The van der Waals surface area contributed by atoms with Crippen LogP contribution < -0.4 is 0 Å². The highest BCUT2D eigenvalue weighted by molar-refractivity contribution is 5.99. The minimum atomic E-state index is -1.04. The first-order chi connectivity index (χ1) is 10.1. The molecule has 0 spiro atoms. The molecule has 1 fully saturated rings. The maximum Gasteiger partial charge on any atom is 0.328 e. The van der Waals surface area contributed by atoms with Gasteiger partial charge in [0.1, 0.15) is 0 Å². The molecule has 21 heavy (non-hydrogen) atoms. The Morgan fingerprint density at radius 1 is 1.38 bits per heavy atom. The van der Waals surface area contributed by atoms with Crippen LogP contribution in [0.25, 0.3) is 6.08 Å². The fourth-order valence-electron chi connectivity index (χ4n) is 2.63. The highest BCUT2D eigenvalue weighted by Crippen LogP contribution is 2.20. The molecule has 1 amide bonds. The number of pyridine rings is 1. The van der Waals surface area contributed by atoms with Crippen molar-refractivity contribution in [1.29, 1.82) is 0 Å². The van der Waals surface area contributed by atoms with Crippen LogP contribution in [0.4, 0.5) is 0 Å². The number of aliphatic carboxylic acids is 1. The zero-order valence-corrected chi connectivity index (χ0v) is 12.2. The first-order valence-electron chi connectivity index (χ1n) is 7.25. The maximum atomic E-state index is 12.7. The number of aromatic nitrogens is 1. The Kier molecular flexibility index (Phi) is 5.09. The second-order valence-corrected chi connectivity index (χ2v) is 5.33. The number of likely N-dealkylation sites (tertiary alicyclic amines) is 1. The standard InChI is InChI=1S/C16H20N2O3/c1-12-5-3-2-4-10-18(12)16(21)14-8-9-17-11-13(14)6-7-15(19)20/h6-9,11-12H,2-5,10H2,1H3,(H,19,20). The molecule has 1 aliphatic heterocycles. The van der Waals surface area contributed by atoms with Gasteiger partial charge >= 0.3 is 5.97 Å². The van der Waals surface area contributed by atoms with Crippen molar-refractivity contribution >= 4 is 18.0 Å². The molecule has 0 bridgehead atoms. The summed E-state index contributed by atoms with van der Waals surface area (Å²) in [6, 6.07) is 1.87. The fraction of sp³-hybridized carbons (Fsp3) is 0.438. The van der Waals surface area contributed by atoms with Crippen molar-refractivity contribution in [3.05, 3.63) is 35.7 Å². The van der Waals surface area contributed by atoms with Crippen molar-refractivity contribution in [1.82, 2.24) is 9.88 Å². The second-order valence-electron chi connectivity index (χ2n) is 5.33. The molecule has 0 aromatic carbocycles. The van der Waals surface area contributed by atoms with Crippen LogP contribution in [0.3, 0.4) is 0 Å². The van der Waals surface area contributed by atoms with E-state index in [2.05, 4.69) is 11.9 Å². The summed E-state index contributed by atoms with van der Waals surface area (Å²) < 4.78 is 0. The minimum absolute atomic E-state index is 0.0446. The van der Waals surface area contributed by atoms with E-state index in [4.69, 9.17) is 5.11 Å². The number of carboxylic acids is 1. The van der Waals surface area contributed by atoms with Gasteiger partial charge in [0, 0.05) is 42.2 Å². The van der Waals surface area contributed by atoms with E-state index in [1.54, 1.807) is 12.3 Å². The lowest BCUT2D eigenvalue weighted by Gasteiger charge is -2.27. The van der Waals surface area contributed by atoms with Crippen LogP contribution in [0.5, 0.6) is 0 Å². The topological polar surface area (TPSA) is 70.5 Å². The van der Waals surface area contributed by atoms with E-state index >= 15 is 0 Å². The lowest BCUT2D eigenvalue weighted by atomic mass is 10.1. The van der Waals surface area contributed by atoms with Crippen molar-refractivity contribution in [2.75, 3.05) is 6.54 Å². The molecule has 1 unspecified atom stereocenters. The van der Waals surface area contributed by atoms with Gasteiger partial charge in [-0.25, -0.2) is 4.79 Å². The van der Waals surface area contributed by atoms with Crippen molar-refractivity contribution in [2.45, 2.75) is 38.6 Å². The van der Waals surface area contributed by atoms with Gasteiger partial charge in [0.2, 0.25) is 0 Å². The third-order valence-corrected chi connectivity index (χ3v) is 3.80. The molecule has 1 aromatic heterocycles. The van der Waals surface area contributed by atoms with Gasteiger partial charge in [0.25, 0.3) is 5.91 Å². The molecular weight excluding hydrogens is 268 g/mol. The molecule has 1 atom stereocenters. The molecule has 112 valence electrons. The summed E-state index contributed by atoms with van der Waals surface area (Å²) in [5.74, 6) is -1.09. The van der Waals surface area contributed by atoms with Gasteiger partial charge in [-0.15, -0.1) is 0 Å². The highest BCUT2D eigenvalue weighted by atomic mass is 16.4. The van der Waals surface area contributed by atoms with Crippen molar-refractivity contribution < 1.29 is 14.7 Å². The first kappa shape index (κ1) is 15.2. The van der Waals surface area contributed by atoms with E-state index < -0.39 is 5.97 Å². The zero-order valence-electron chi connectivity index (χ0n) is 12.2. The predicted molar refractivity (Wildman–Crippen MR) is 79.9 cm³/mol. The van der Waals surface area contributed by atoms with Gasteiger partial charge < -0.3 is 10.0 Å². The molecule has 0 aliphatic carbocycles. The summed E-state index contributed by atoms with van der Waals surface area (Å²) in [4.78, 5) is 29.3. The minimum Gasteiger partial charge on any atom is -0.478 e. The van der Waals surface area contributed by atoms with E-state index in [1.807, 2.05) is 4.90 Å². The quantitative estimate of drug-likeness (QED) is 0.868. The summed E-state index contributed by atoms with van der Waals surface area (Å²) in [5.41, 5.74) is 1.05. The van der Waals surface area contributed by atoms with Gasteiger partial charge in [-0.05, 0) is 31.9 Å². The van der Waals surface area contributed by atoms with Gasteiger partial charge in [0.05, 0.1) is 0 Å². The van der Waals surface area contributed by atoms with Crippen molar-refractivity contribution in [3.8, 4) is 0 Å². The average molecular weight is 288 g/mol. The number of rotatable bonds is 3. The Bertz CT molecular complexity index is 554. The Labute approximate surface area is 124 Å². The Hall–Kier alpha value is -2.17. The normalized spacial score (nSPS) is 19.5. The van der Waals surface area contributed by atoms with Crippen LogP contribution >= 0.6 is 0 Å². The number of hydrogen-bond acceptors (Lipinski definition) is 3. The molecule has 5 heteroatoms. The lowest BCUT2D eigenvalue weighted by molar-refractivity contribution is -0.131. The summed E-state index contributed by atoms with van der Waals surface area (Å²) in [6.45, 7) is 2.82. The Balaban J connectivity index is 2.27. The number of nitrogens with zero attached hydrogens (tertiary/aromatic N) is 2. The van der Waals surface area contributed by atoms with Gasteiger partial charge in [-0.3, -0.25) is 9.78 Å². The number of hydrogen-bond donors (Lipinski definition) is 1. The smallest absolute Gasteiger partial charge is 0.328 e. The maximum absolute atomic E-state index is 12.7. The summed E-state index contributed by atoms with van der Waals surface area (Å²) in [5, 5.41) is 8.73. The zero-order chi connectivity index (χ0) is 15.2. The summed E-state index contributed by atoms with van der Waals surface area (Å²) >= 11 is 0. The first-order valence-corrected chi connectivity index (χ1v) is 7.25. The van der Waals surface area contributed by atoms with Gasteiger partial charge in [-0.2, -0.15) is 0 Å². The van der Waals surface area contributed by atoms with Crippen LogP contribution in [0.15, 0.2) is 24.5 Å². The lowest BCUT2D eigenvalue weighted by Crippen LogP contribution is -2.38. The van der Waals surface area contributed by atoms with E-state index in [0.29, 0.717) is 11.1 Å². The number of carbonyl (C=O) groups excluding carboxylic acids is 1. The second kappa shape index (κ2) is 7.02. The molecule has 2 heterocycles. The SMILES string of the molecule is CC1CCCCCN1C(=O)c1ccncc1C=CC(=O)O. The summed E-state index contributed by atoms with van der Waals surface area (Å²) in [6.07, 6.45) is 9.86. The van der Waals surface area contributed by atoms with E-state index in [0.717, 1.165) is 38.3 Å². The molecule has 2 rings (SSSR count). The number of carbonyl (C=O) groups is 2. The molecule has 0 radical (unpaired) electrons. The van der Waals surface area contributed by atoms with Gasteiger partial charge in [-0.1, -0.05) is 12.8 Å². The predicted octanol–water partition coefficient (Wildman–Crippen LogP) is 2.58. The van der Waals surface area contributed by atoms with E-state index in [-0.39, 0.29) is 11.9 Å². The van der Waals surface area contributed by atoms with Gasteiger partial charge in [0.15, 0.2) is 0 Å². The van der Waals surface area contributed by atoms with Crippen LogP contribution in [-0.4, -0.2) is 39.5 Å². The average Bonchev–Trinajstić information content (AvgIpc) is 2.69. The van der Waals surface area contributed by atoms with Crippen LogP contribution in [0.1, 0.15) is 48.5 Å².